The normalized spacial score (nSPS) is 9.75. The number of hydrogen-bond donors (Lipinski definition) is 0. The third-order valence-corrected chi connectivity index (χ3v) is 1.75. The van der Waals surface area contributed by atoms with E-state index < -0.39 is 0 Å². The van der Waals surface area contributed by atoms with E-state index in [0.29, 0.717) is 26.4 Å². The lowest BCUT2D eigenvalue weighted by Gasteiger charge is -2.05. The van der Waals surface area contributed by atoms with Crippen LogP contribution < -0.4 is 0 Å². The molecule has 0 bridgehead atoms. The smallest absolute Gasteiger partial charge is 0.111 e. The zero-order valence-corrected chi connectivity index (χ0v) is 9.86. The highest BCUT2D eigenvalue weighted by Crippen LogP contribution is 1.92. The van der Waals surface area contributed by atoms with Gasteiger partial charge in [0.15, 0.2) is 0 Å². The molecule has 0 aromatic heterocycles. The van der Waals surface area contributed by atoms with Gasteiger partial charge in [0.1, 0.15) is 13.2 Å². The minimum Gasteiger partial charge on any atom is -0.499 e. The van der Waals surface area contributed by atoms with Gasteiger partial charge in [-0.15, -0.1) is 0 Å². The molecule has 0 aliphatic heterocycles. The van der Waals surface area contributed by atoms with Gasteiger partial charge in [-0.2, -0.15) is 0 Å². The average molecular weight is 230 g/mol. The molecule has 0 radical (unpaired) electrons. The Bertz CT molecular complexity index is 141. The summed E-state index contributed by atoms with van der Waals surface area (Å²) in [4.78, 5) is 0. The van der Waals surface area contributed by atoms with Crippen LogP contribution >= 0.6 is 0 Å². The van der Waals surface area contributed by atoms with Crippen molar-refractivity contribution in [2.45, 2.75) is 12.8 Å². The highest BCUT2D eigenvalue weighted by Gasteiger charge is 1.91. The molecule has 0 saturated carbocycles. The largest absolute Gasteiger partial charge is 0.499 e. The van der Waals surface area contributed by atoms with Crippen molar-refractivity contribution in [3.05, 3.63) is 25.7 Å². The van der Waals surface area contributed by atoms with Crippen molar-refractivity contribution in [2.24, 2.45) is 0 Å². The minimum atomic E-state index is 0.568. The molecule has 0 saturated heterocycles. The predicted octanol–water partition coefficient (Wildman–Crippen LogP) is 2.12. The van der Waals surface area contributed by atoms with Crippen LogP contribution in [0, 0.1) is 0 Å². The molecule has 94 valence electrons. The summed E-state index contributed by atoms with van der Waals surface area (Å²) in [6.07, 6.45) is 4.83. The van der Waals surface area contributed by atoms with Crippen molar-refractivity contribution in [1.82, 2.24) is 0 Å². The number of rotatable bonds is 13. The molecule has 4 heteroatoms. The first kappa shape index (κ1) is 15.0. The van der Waals surface area contributed by atoms with E-state index in [0.717, 1.165) is 26.1 Å². The van der Waals surface area contributed by atoms with Crippen LogP contribution in [0.2, 0.25) is 0 Å². The molecule has 0 aliphatic carbocycles. The van der Waals surface area contributed by atoms with E-state index >= 15 is 0 Å². The van der Waals surface area contributed by atoms with Gasteiger partial charge in [0, 0.05) is 13.2 Å². The number of unbranched alkanes of at least 4 members (excludes halogenated alkanes) is 1. The van der Waals surface area contributed by atoms with Crippen molar-refractivity contribution in [2.75, 3.05) is 39.6 Å². The molecule has 0 amide bonds. The lowest BCUT2D eigenvalue weighted by molar-refractivity contribution is 0.0638. The zero-order valence-electron chi connectivity index (χ0n) is 9.86. The molecule has 0 spiro atoms. The van der Waals surface area contributed by atoms with Crippen molar-refractivity contribution < 1.29 is 18.9 Å². The molecule has 0 rings (SSSR count). The fraction of sp³-hybridized carbons (Fsp3) is 0.667. The maximum Gasteiger partial charge on any atom is 0.111 e. The Morgan fingerprint density at radius 3 is 1.44 bits per heavy atom. The van der Waals surface area contributed by atoms with E-state index in [1.165, 1.54) is 12.5 Å². The van der Waals surface area contributed by atoms with Crippen LogP contribution in [0.5, 0.6) is 0 Å². The molecule has 0 N–H and O–H groups in total. The molecule has 0 aromatic rings. The molecular formula is C12H22O4. The van der Waals surface area contributed by atoms with E-state index in [2.05, 4.69) is 13.2 Å². The van der Waals surface area contributed by atoms with Crippen molar-refractivity contribution in [1.29, 1.82) is 0 Å². The van der Waals surface area contributed by atoms with Crippen molar-refractivity contribution in [3.8, 4) is 0 Å². The molecule has 0 fully saturated rings. The third kappa shape index (κ3) is 13.0. The van der Waals surface area contributed by atoms with E-state index in [-0.39, 0.29) is 0 Å². The second-order valence-corrected chi connectivity index (χ2v) is 3.01. The first-order valence-electron chi connectivity index (χ1n) is 5.52. The number of hydrogen-bond acceptors (Lipinski definition) is 4. The first-order valence-corrected chi connectivity index (χ1v) is 5.52. The fourth-order valence-electron chi connectivity index (χ4n) is 0.993. The van der Waals surface area contributed by atoms with Crippen LogP contribution in [0.25, 0.3) is 0 Å². The highest BCUT2D eigenvalue weighted by molar-refractivity contribution is 4.48. The highest BCUT2D eigenvalue weighted by atomic mass is 16.5. The molecule has 0 heterocycles. The maximum atomic E-state index is 5.31. The summed E-state index contributed by atoms with van der Waals surface area (Å²) >= 11 is 0. The lowest BCUT2D eigenvalue weighted by Crippen LogP contribution is -2.05. The van der Waals surface area contributed by atoms with E-state index in [1.807, 2.05) is 0 Å². The van der Waals surface area contributed by atoms with Crippen molar-refractivity contribution in [3.63, 3.8) is 0 Å². The quantitative estimate of drug-likeness (QED) is 0.359. The molecule has 0 aliphatic rings. The summed E-state index contributed by atoms with van der Waals surface area (Å²) in [7, 11) is 0. The summed E-state index contributed by atoms with van der Waals surface area (Å²) < 4.78 is 20.4. The minimum absolute atomic E-state index is 0.568. The second-order valence-electron chi connectivity index (χ2n) is 3.01. The Morgan fingerprint density at radius 1 is 0.625 bits per heavy atom. The van der Waals surface area contributed by atoms with E-state index in [1.54, 1.807) is 0 Å². The molecule has 16 heavy (non-hydrogen) atoms. The van der Waals surface area contributed by atoms with Crippen molar-refractivity contribution >= 4 is 0 Å². The van der Waals surface area contributed by atoms with Gasteiger partial charge in [-0.25, -0.2) is 0 Å². The Balaban J connectivity index is 2.87. The van der Waals surface area contributed by atoms with Gasteiger partial charge in [0.2, 0.25) is 0 Å². The fourth-order valence-corrected chi connectivity index (χ4v) is 0.993. The van der Waals surface area contributed by atoms with E-state index in [9.17, 15) is 0 Å². The summed E-state index contributed by atoms with van der Waals surface area (Å²) in [6.45, 7) is 10.7. The SMILES string of the molecule is C=COCCOCCCCOCCOC=C. The van der Waals surface area contributed by atoms with Gasteiger partial charge in [-0.1, -0.05) is 13.2 Å². The Morgan fingerprint density at radius 2 is 1.06 bits per heavy atom. The van der Waals surface area contributed by atoms with Gasteiger partial charge in [-0.05, 0) is 12.8 Å². The zero-order chi connectivity index (χ0) is 11.9. The van der Waals surface area contributed by atoms with Gasteiger partial charge in [0.05, 0.1) is 25.7 Å². The molecule has 0 atom stereocenters. The van der Waals surface area contributed by atoms with Crippen LogP contribution in [-0.2, 0) is 18.9 Å². The Labute approximate surface area is 97.8 Å². The summed E-state index contributed by atoms with van der Waals surface area (Å²) in [5.41, 5.74) is 0. The van der Waals surface area contributed by atoms with Crippen LogP contribution in [-0.4, -0.2) is 39.6 Å². The second kappa shape index (κ2) is 14.0. The summed E-state index contributed by atoms with van der Waals surface area (Å²) in [6, 6.07) is 0. The Hall–Kier alpha value is -1.00. The van der Waals surface area contributed by atoms with Gasteiger partial charge in [-0.3, -0.25) is 0 Å². The summed E-state index contributed by atoms with van der Waals surface area (Å²) in [5.74, 6) is 0. The molecule has 0 unspecified atom stereocenters. The predicted molar refractivity (Wildman–Crippen MR) is 63.2 cm³/mol. The van der Waals surface area contributed by atoms with E-state index in [4.69, 9.17) is 18.9 Å². The first-order chi connectivity index (χ1) is 7.91. The van der Waals surface area contributed by atoms with Crippen LogP contribution in [0.15, 0.2) is 25.7 Å². The maximum absolute atomic E-state index is 5.31. The summed E-state index contributed by atoms with van der Waals surface area (Å²) in [5, 5.41) is 0. The van der Waals surface area contributed by atoms with Gasteiger partial charge >= 0.3 is 0 Å². The molecule has 4 nitrogen and oxygen atoms in total. The number of ether oxygens (including phenoxy) is 4. The third-order valence-electron chi connectivity index (χ3n) is 1.75. The van der Waals surface area contributed by atoms with Crippen LogP contribution in [0.1, 0.15) is 12.8 Å². The average Bonchev–Trinajstić information content (AvgIpc) is 2.31. The van der Waals surface area contributed by atoms with Crippen LogP contribution in [0.4, 0.5) is 0 Å². The van der Waals surface area contributed by atoms with Gasteiger partial charge in [0.25, 0.3) is 0 Å². The van der Waals surface area contributed by atoms with Crippen LogP contribution in [0.3, 0.4) is 0 Å². The standard InChI is InChI=1S/C12H22O4/c1-3-13-9-11-15-7-5-6-8-16-12-10-14-4-2/h3-4H,1-2,5-12H2. The monoisotopic (exact) mass is 230 g/mol. The van der Waals surface area contributed by atoms with Gasteiger partial charge < -0.3 is 18.9 Å². The topological polar surface area (TPSA) is 36.9 Å². The molecular weight excluding hydrogens is 208 g/mol. The molecule has 0 aromatic carbocycles. The lowest BCUT2D eigenvalue weighted by atomic mass is 10.3. The Kier molecular flexibility index (Phi) is 13.1.